The van der Waals surface area contributed by atoms with Gasteiger partial charge in [0.2, 0.25) is 11.8 Å². The highest BCUT2D eigenvalue weighted by Gasteiger charge is 2.61. The lowest BCUT2D eigenvalue weighted by atomic mass is 9.88. The van der Waals surface area contributed by atoms with Gasteiger partial charge in [0, 0.05) is 25.4 Å². The topological polar surface area (TPSA) is 136 Å². The fraction of sp³-hybridized carbons (Fsp3) is 0.333. The standard InChI is InChI=1S/C18H16N4O6S/c1-9(23)20-19-6-18(17(27)28)7-21-15(26)12(16(21)29-8-18)22-13(24)10-4-2-3-5-11(10)14(22)25/h2-6,12,16H,7-8H2,1H3,(H,20,23)(H,27,28)/t12?,16-,18?/m1/s1. The van der Waals surface area contributed by atoms with E-state index in [0.29, 0.717) is 0 Å². The Labute approximate surface area is 168 Å². The molecule has 1 aromatic carbocycles. The van der Waals surface area contributed by atoms with E-state index in [1.807, 2.05) is 0 Å². The number of amides is 4. The maximum Gasteiger partial charge on any atom is 0.317 e. The van der Waals surface area contributed by atoms with E-state index in [1.54, 1.807) is 24.3 Å². The molecule has 3 aliphatic rings. The third-order valence-electron chi connectivity index (χ3n) is 5.14. The molecular weight excluding hydrogens is 400 g/mol. The van der Waals surface area contributed by atoms with E-state index in [0.717, 1.165) is 22.9 Å². The Morgan fingerprint density at radius 3 is 2.41 bits per heavy atom. The van der Waals surface area contributed by atoms with E-state index < -0.39 is 46.4 Å². The van der Waals surface area contributed by atoms with E-state index >= 15 is 0 Å². The molecule has 0 aliphatic carbocycles. The molecule has 2 fully saturated rings. The van der Waals surface area contributed by atoms with Crippen LogP contribution in [0.1, 0.15) is 27.6 Å². The molecule has 0 spiro atoms. The Balaban J connectivity index is 1.55. The molecular formula is C18H16N4O6S. The number of thioether (sulfide) groups is 1. The fourth-order valence-electron chi connectivity index (χ4n) is 3.65. The fourth-order valence-corrected chi connectivity index (χ4v) is 5.18. The average Bonchev–Trinajstić information content (AvgIpc) is 2.93. The summed E-state index contributed by atoms with van der Waals surface area (Å²) >= 11 is 1.16. The number of carboxylic acids is 1. The minimum atomic E-state index is -1.48. The van der Waals surface area contributed by atoms with Crippen LogP contribution in [-0.4, -0.2) is 74.4 Å². The van der Waals surface area contributed by atoms with Crippen molar-refractivity contribution in [3.63, 3.8) is 0 Å². The number of hydrogen-bond acceptors (Lipinski definition) is 7. The van der Waals surface area contributed by atoms with Crippen LogP contribution in [0.2, 0.25) is 0 Å². The molecule has 3 heterocycles. The molecule has 4 amide bonds. The van der Waals surface area contributed by atoms with Gasteiger partial charge in [-0.05, 0) is 12.1 Å². The first-order valence-electron chi connectivity index (χ1n) is 8.70. The maximum atomic E-state index is 12.8. The quantitative estimate of drug-likeness (QED) is 0.299. The third kappa shape index (κ3) is 2.80. The van der Waals surface area contributed by atoms with Crippen LogP contribution in [-0.2, 0) is 14.4 Å². The predicted octanol–water partition coefficient (Wildman–Crippen LogP) is -0.241. The number of hydrogen-bond donors (Lipinski definition) is 2. The van der Waals surface area contributed by atoms with Crippen LogP contribution in [0, 0.1) is 5.41 Å². The van der Waals surface area contributed by atoms with Crippen LogP contribution in [0.15, 0.2) is 29.4 Å². The molecule has 0 bridgehead atoms. The lowest BCUT2D eigenvalue weighted by molar-refractivity contribution is -0.156. The van der Waals surface area contributed by atoms with E-state index in [1.165, 1.54) is 11.8 Å². The number of imide groups is 1. The van der Waals surface area contributed by atoms with Gasteiger partial charge < -0.3 is 10.0 Å². The monoisotopic (exact) mass is 416 g/mol. The maximum absolute atomic E-state index is 12.8. The zero-order valence-corrected chi connectivity index (χ0v) is 16.0. The van der Waals surface area contributed by atoms with Gasteiger partial charge >= 0.3 is 5.97 Å². The minimum absolute atomic E-state index is 0.0690. The molecule has 29 heavy (non-hydrogen) atoms. The Kier molecular flexibility index (Phi) is 4.41. The van der Waals surface area contributed by atoms with Crippen molar-refractivity contribution < 1.29 is 29.1 Å². The SMILES string of the molecule is CC(=O)NN=CC1(C(=O)O)CS[C@@H]2C(N3C(=O)c4ccccc4C3=O)C(=O)N2C1. The summed E-state index contributed by atoms with van der Waals surface area (Å²) in [5, 5.41) is 12.8. The molecule has 4 rings (SSSR count). The van der Waals surface area contributed by atoms with Gasteiger partial charge in [-0.15, -0.1) is 11.8 Å². The van der Waals surface area contributed by atoms with Gasteiger partial charge in [0.05, 0.1) is 11.1 Å². The van der Waals surface area contributed by atoms with Gasteiger partial charge in [-0.1, -0.05) is 12.1 Å². The molecule has 0 saturated carbocycles. The molecule has 150 valence electrons. The molecule has 0 aromatic heterocycles. The van der Waals surface area contributed by atoms with Crippen molar-refractivity contribution in [1.82, 2.24) is 15.2 Å². The van der Waals surface area contributed by atoms with Crippen molar-refractivity contribution in [3.05, 3.63) is 35.4 Å². The van der Waals surface area contributed by atoms with Crippen LogP contribution in [0.4, 0.5) is 0 Å². The van der Waals surface area contributed by atoms with Crippen LogP contribution in [0.25, 0.3) is 0 Å². The molecule has 3 aliphatic heterocycles. The second-order valence-electron chi connectivity index (χ2n) is 7.03. The van der Waals surface area contributed by atoms with Crippen LogP contribution in [0.5, 0.6) is 0 Å². The molecule has 3 atom stereocenters. The van der Waals surface area contributed by atoms with E-state index in [4.69, 9.17) is 0 Å². The molecule has 2 unspecified atom stereocenters. The minimum Gasteiger partial charge on any atom is -0.480 e. The Hall–Kier alpha value is -3.21. The van der Waals surface area contributed by atoms with Gasteiger partial charge in [0.25, 0.3) is 11.8 Å². The third-order valence-corrected chi connectivity index (χ3v) is 6.68. The summed E-state index contributed by atoms with van der Waals surface area (Å²) in [6, 6.07) is 5.41. The number of nitrogens with one attached hydrogen (secondary N) is 1. The molecule has 10 nitrogen and oxygen atoms in total. The number of fused-ring (bicyclic) bond motifs is 2. The Morgan fingerprint density at radius 1 is 1.24 bits per heavy atom. The lowest BCUT2D eigenvalue weighted by Gasteiger charge is -2.54. The summed E-state index contributed by atoms with van der Waals surface area (Å²) in [6.45, 7) is 1.07. The summed E-state index contributed by atoms with van der Waals surface area (Å²) < 4.78 is 0. The van der Waals surface area contributed by atoms with Crippen molar-refractivity contribution in [2.75, 3.05) is 12.3 Å². The van der Waals surface area contributed by atoms with Crippen LogP contribution < -0.4 is 5.43 Å². The van der Waals surface area contributed by atoms with Gasteiger partial charge in [-0.25, -0.2) is 5.43 Å². The van der Waals surface area contributed by atoms with Crippen molar-refractivity contribution in [2.24, 2.45) is 10.5 Å². The molecule has 2 saturated heterocycles. The van der Waals surface area contributed by atoms with Crippen molar-refractivity contribution in [1.29, 1.82) is 0 Å². The predicted molar refractivity (Wildman–Crippen MR) is 101 cm³/mol. The molecule has 11 heteroatoms. The Morgan fingerprint density at radius 2 is 1.86 bits per heavy atom. The summed E-state index contributed by atoms with van der Waals surface area (Å²) in [7, 11) is 0. The highest BCUT2D eigenvalue weighted by molar-refractivity contribution is 8.00. The first kappa shape index (κ1) is 19.1. The zero-order chi connectivity index (χ0) is 20.9. The number of benzene rings is 1. The van der Waals surface area contributed by atoms with E-state index in [2.05, 4.69) is 10.5 Å². The number of rotatable bonds is 4. The highest BCUT2D eigenvalue weighted by atomic mass is 32.2. The zero-order valence-electron chi connectivity index (χ0n) is 15.2. The number of carbonyl (C=O) groups is 5. The Bertz CT molecular complexity index is 959. The van der Waals surface area contributed by atoms with E-state index in [-0.39, 0.29) is 23.4 Å². The number of carbonyl (C=O) groups excluding carboxylic acids is 4. The van der Waals surface area contributed by atoms with Gasteiger partial charge in [0.1, 0.15) is 16.8 Å². The average molecular weight is 416 g/mol. The van der Waals surface area contributed by atoms with E-state index in [9.17, 15) is 29.1 Å². The normalized spacial score (nSPS) is 28.2. The van der Waals surface area contributed by atoms with Crippen molar-refractivity contribution in [2.45, 2.75) is 18.3 Å². The van der Waals surface area contributed by atoms with Crippen molar-refractivity contribution in [3.8, 4) is 0 Å². The van der Waals surface area contributed by atoms with Crippen LogP contribution in [0.3, 0.4) is 0 Å². The second-order valence-corrected chi connectivity index (χ2v) is 8.13. The summed E-state index contributed by atoms with van der Waals surface area (Å²) in [5.74, 6) is -3.10. The summed E-state index contributed by atoms with van der Waals surface area (Å²) in [4.78, 5) is 63.2. The summed E-state index contributed by atoms with van der Waals surface area (Å²) in [5.41, 5.74) is 1.19. The molecule has 0 radical (unpaired) electrons. The summed E-state index contributed by atoms with van der Waals surface area (Å²) in [6.07, 6.45) is 1.11. The molecule has 2 N–H and O–H groups in total. The first-order chi connectivity index (χ1) is 13.8. The highest BCUT2D eigenvalue weighted by Crippen LogP contribution is 2.44. The number of hydrazone groups is 1. The van der Waals surface area contributed by atoms with Gasteiger partial charge in [-0.2, -0.15) is 5.10 Å². The van der Waals surface area contributed by atoms with Crippen molar-refractivity contribution >= 4 is 47.6 Å². The largest absolute Gasteiger partial charge is 0.480 e. The molecule has 1 aromatic rings. The van der Waals surface area contributed by atoms with Gasteiger partial charge in [-0.3, -0.25) is 28.9 Å². The number of β-lactam (4-membered cyclic amide) rings is 1. The van der Waals surface area contributed by atoms with Gasteiger partial charge in [0.15, 0.2) is 0 Å². The first-order valence-corrected chi connectivity index (χ1v) is 9.75. The number of aliphatic carboxylic acids is 1. The number of nitrogens with zero attached hydrogens (tertiary/aromatic N) is 3. The lowest BCUT2D eigenvalue weighted by Crippen LogP contribution is -2.74. The van der Waals surface area contributed by atoms with Crippen LogP contribution >= 0.6 is 11.8 Å². The number of carboxylic acid groups (broad SMARTS) is 1. The second kappa shape index (κ2) is 6.69. The smallest absolute Gasteiger partial charge is 0.317 e.